The van der Waals surface area contributed by atoms with Crippen LogP contribution >= 0.6 is 0 Å². The van der Waals surface area contributed by atoms with Gasteiger partial charge in [-0.1, -0.05) is 27.0 Å². The van der Waals surface area contributed by atoms with E-state index in [0.29, 0.717) is 17.1 Å². The van der Waals surface area contributed by atoms with E-state index < -0.39 is 23.1 Å². The van der Waals surface area contributed by atoms with Crippen molar-refractivity contribution >= 4 is 11.9 Å². The zero-order chi connectivity index (χ0) is 16.0. The molecule has 2 saturated carbocycles. The standard InChI is InChI=1S/C17H24O4/c1-10(2)14(18)20-16(7-12(5)8-16)17(9-13(17)6)21-15(19)11(3)4/h12-13H,1,3,7-9H2,2,4-6H3. The van der Waals surface area contributed by atoms with Crippen LogP contribution in [0.4, 0.5) is 0 Å². The minimum Gasteiger partial charge on any atom is -0.451 e. The lowest BCUT2D eigenvalue weighted by atomic mass is 9.66. The molecular weight excluding hydrogens is 268 g/mol. The Balaban J connectivity index is 2.24. The van der Waals surface area contributed by atoms with Crippen molar-refractivity contribution in [3.8, 4) is 0 Å². The van der Waals surface area contributed by atoms with Crippen molar-refractivity contribution in [2.45, 2.75) is 58.2 Å². The first kappa shape index (κ1) is 15.8. The van der Waals surface area contributed by atoms with Gasteiger partial charge in [0.25, 0.3) is 0 Å². The molecule has 0 amide bonds. The molecule has 0 aromatic rings. The van der Waals surface area contributed by atoms with Crippen molar-refractivity contribution in [2.24, 2.45) is 11.8 Å². The van der Waals surface area contributed by atoms with Gasteiger partial charge < -0.3 is 9.47 Å². The molecule has 0 aliphatic heterocycles. The fourth-order valence-corrected chi connectivity index (χ4v) is 3.36. The Labute approximate surface area is 126 Å². The highest BCUT2D eigenvalue weighted by molar-refractivity contribution is 5.88. The molecule has 0 spiro atoms. The second-order valence-corrected chi connectivity index (χ2v) is 6.84. The molecule has 2 fully saturated rings. The highest BCUT2D eigenvalue weighted by Crippen LogP contribution is 2.63. The van der Waals surface area contributed by atoms with Gasteiger partial charge in [0.15, 0.2) is 11.2 Å². The lowest BCUT2D eigenvalue weighted by Gasteiger charge is -2.50. The van der Waals surface area contributed by atoms with E-state index in [-0.39, 0.29) is 5.92 Å². The van der Waals surface area contributed by atoms with Crippen LogP contribution in [-0.2, 0) is 19.1 Å². The molecule has 21 heavy (non-hydrogen) atoms. The second kappa shape index (κ2) is 5.00. The van der Waals surface area contributed by atoms with Crippen LogP contribution in [0, 0.1) is 11.8 Å². The van der Waals surface area contributed by atoms with Crippen molar-refractivity contribution in [1.29, 1.82) is 0 Å². The van der Waals surface area contributed by atoms with E-state index in [1.165, 1.54) is 0 Å². The highest BCUT2D eigenvalue weighted by atomic mass is 16.6. The zero-order valence-electron chi connectivity index (χ0n) is 13.3. The van der Waals surface area contributed by atoms with Crippen LogP contribution in [0.1, 0.15) is 47.0 Å². The van der Waals surface area contributed by atoms with E-state index in [1.807, 2.05) is 6.92 Å². The van der Waals surface area contributed by atoms with E-state index >= 15 is 0 Å². The minimum absolute atomic E-state index is 0.186. The number of hydrogen-bond donors (Lipinski definition) is 0. The predicted octanol–water partition coefficient (Wildman–Crippen LogP) is 3.17. The van der Waals surface area contributed by atoms with Crippen LogP contribution < -0.4 is 0 Å². The van der Waals surface area contributed by atoms with Gasteiger partial charge in [0.1, 0.15) is 0 Å². The van der Waals surface area contributed by atoms with Crippen LogP contribution in [0.5, 0.6) is 0 Å². The van der Waals surface area contributed by atoms with Crippen molar-refractivity contribution in [3.05, 3.63) is 24.3 Å². The monoisotopic (exact) mass is 292 g/mol. The van der Waals surface area contributed by atoms with Gasteiger partial charge in [0, 0.05) is 17.1 Å². The third kappa shape index (κ3) is 2.52. The van der Waals surface area contributed by atoms with Crippen LogP contribution in [0.15, 0.2) is 24.3 Å². The molecule has 0 radical (unpaired) electrons. The summed E-state index contributed by atoms with van der Waals surface area (Å²) in [5.74, 6) is -0.182. The topological polar surface area (TPSA) is 52.6 Å². The molecule has 2 aliphatic rings. The van der Waals surface area contributed by atoms with E-state index in [1.54, 1.807) is 13.8 Å². The smallest absolute Gasteiger partial charge is 0.333 e. The van der Waals surface area contributed by atoms with Crippen molar-refractivity contribution < 1.29 is 19.1 Å². The molecule has 0 aromatic carbocycles. The van der Waals surface area contributed by atoms with E-state index in [9.17, 15) is 9.59 Å². The number of esters is 2. The van der Waals surface area contributed by atoms with E-state index in [4.69, 9.17) is 9.47 Å². The van der Waals surface area contributed by atoms with Crippen LogP contribution in [0.3, 0.4) is 0 Å². The molecule has 2 atom stereocenters. The zero-order valence-corrected chi connectivity index (χ0v) is 13.3. The van der Waals surface area contributed by atoms with Crippen LogP contribution in [-0.4, -0.2) is 23.1 Å². The summed E-state index contributed by atoms with van der Waals surface area (Å²) >= 11 is 0. The van der Waals surface area contributed by atoms with Gasteiger partial charge in [-0.15, -0.1) is 0 Å². The molecule has 0 bridgehead atoms. The SMILES string of the molecule is C=C(C)C(=O)OC1(C2(OC(=O)C(=C)C)CC2C)CC(C)C1. The van der Waals surface area contributed by atoms with E-state index in [2.05, 4.69) is 20.1 Å². The second-order valence-electron chi connectivity index (χ2n) is 6.84. The summed E-state index contributed by atoms with van der Waals surface area (Å²) in [5, 5.41) is 0. The summed E-state index contributed by atoms with van der Waals surface area (Å²) in [6, 6.07) is 0. The molecule has 4 heteroatoms. The number of ether oxygens (including phenoxy) is 2. The fraction of sp³-hybridized carbons (Fsp3) is 0.647. The number of rotatable bonds is 5. The normalized spacial score (nSPS) is 37.1. The molecule has 0 aromatic heterocycles. The third-order valence-electron chi connectivity index (χ3n) is 4.63. The molecular formula is C17H24O4. The first-order chi connectivity index (χ1) is 9.63. The van der Waals surface area contributed by atoms with Gasteiger partial charge in [-0.3, -0.25) is 0 Å². The maximum absolute atomic E-state index is 12.0. The summed E-state index contributed by atoms with van der Waals surface area (Å²) in [7, 11) is 0. The Kier molecular flexibility index (Phi) is 3.77. The first-order valence-electron chi connectivity index (χ1n) is 7.41. The van der Waals surface area contributed by atoms with Gasteiger partial charge in [0.05, 0.1) is 0 Å². The number of carbonyl (C=O) groups excluding carboxylic acids is 2. The van der Waals surface area contributed by atoms with Gasteiger partial charge in [-0.25, -0.2) is 9.59 Å². The van der Waals surface area contributed by atoms with E-state index in [0.717, 1.165) is 19.3 Å². The molecule has 2 unspecified atom stereocenters. The van der Waals surface area contributed by atoms with Gasteiger partial charge in [0.2, 0.25) is 0 Å². The summed E-state index contributed by atoms with van der Waals surface area (Å²) in [4.78, 5) is 23.9. The Morgan fingerprint density at radius 2 is 1.38 bits per heavy atom. The average Bonchev–Trinajstić information content (AvgIpc) is 2.98. The number of carbonyl (C=O) groups is 2. The van der Waals surface area contributed by atoms with Gasteiger partial charge in [-0.2, -0.15) is 0 Å². The van der Waals surface area contributed by atoms with Crippen molar-refractivity contribution in [3.63, 3.8) is 0 Å². The molecule has 0 N–H and O–H groups in total. The fourth-order valence-electron chi connectivity index (χ4n) is 3.36. The lowest BCUT2D eigenvalue weighted by Crippen LogP contribution is -2.59. The quantitative estimate of drug-likeness (QED) is 0.577. The third-order valence-corrected chi connectivity index (χ3v) is 4.63. The lowest BCUT2D eigenvalue weighted by molar-refractivity contribution is -0.217. The first-order valence-corrected chi connectivity index (χ1v) is 7.41. The molecule has 4 nitrogen and oxygen atoms in total. The molecule has 116 valence electrons. The highest BCUT2D eigenvalue weighted by Gasteiger charge is 2.73. The Morgan fingerprint density at radius 1 is 0.952 bits per heavy atom. The van der Waals surface area contributed by atoms with Crippen molar-refractivity contribution in [1.82, 2.24) is 0 Å². The Hall–Kier alpha value is -1.58. The predicted molar refractivity (Wildman–Crippen MR) is 79.5 cm³/mol. The average molecular weight is 292 g/mol. The number of hydrogen-bond acceptors (Lipinski definition) is 4. The maximum atomic E-state index is 12.0. The Bertz CT molecular complexity index is 513. The summed E-state index contributed by atoms with van der Waals surface area (Å²) in [6.45, 7) is 14.6. The van der Waals surface area contributed by atoms with Gasteiger partial charge >= 0.3 is 11.9 Å². The molecule has 2 aliphatic carbocycles. The molecule has 2 rings (SSSR count). The summed E-state index contributed by atoms with van der Waals surface area (Å²) in [6.07, 6.45) is 2.17. The Morgan fingerprint density at radius 3 is 1.71 bits per heavy atom. The van der Waals surface area contributed by atoms with Crippen molar-refractivity contribution in [2.75, 3.05) is 0 Å². The summed E-state index contributed by atoms with van der Waals surface area (Å²) in [5.41, 5.74) is -0.668. The minimum atomic E-state index is -0.701. The molecule has 0 heterocycles. The van der Waals surface area contributed by atoms with Crippen LogP contribution in [0.2, 0.25) is 0 Å². The largest absolute Gasteiger partial charge is 0.451 e. The molecule has 0 saturated heterocycles. The van der Waals surface area contributed by atoms with Crippen LogP contribution in [0.25, 0.3) is 0 Å². The summed E-state index contributed by atoms with van der Waals surface area (Å²) < 4.78 is 11.5. The maximum Gasteiger partial charge on any atom is 0.333 e. The van der Waals surface area contributed by atoms with Gasteiger partial charge in [-0.05, 0) is 39.0 Å².